The Morgan fingerprint density at radius 1 is 1.04 bits per heavy atom. The van der Waals surface area contributed by atoms with E-state index in [1.165, 1.54) is 0 Å². The molecule has 6 heteroatoms. The highest BCUT2D eigenvalue weighted by molar-refractivity contribution is 5.92. The average Bonchev–Trinajstić information content (AvgIpc) is 2.68. The molecule has 1 fully saturated rings. The number of carbonyl (C=O) groups is 2. The van der Waals surface area contributed by atoms with Crippen LogP contribution < -0.4 is 15.0 Å². The molecule has 2 aromatic carbocycles. The summed E-state index contributed by atoms with van der Waals surface area (Å²) in [5.41, 5.74) is 2.92. The topological polar surface area (TPSA) is 61.9 Å². The summed E-state index contributed by atoms with van der Waals surface area (Å²) in [6, 6.07) is 15.3. The minimum absolute atomic E-state index is 0.0371. The van der Waals surface area contributed by atoms with Gasteiger partial charge in [-0.2, -0.15) is 0 Å². The highest BCUT2D eigenvalue weighted by Crippen LogP contribution is 2.21. The first-order chi connectivity index (χ1) is 13.0. The number of rotatable bonds is 5. The van der Waals surface area contributed by atoms with Crippen molar-refractivity contribution in [1.29, 1.82) is 0 Å². The molecule has 0 atom stereocenters. The van der Waals surface area contributed by atoms with Crippen LogP contribution in [0.3, 0.4) is 0 Å². The van der Waals surface area contributed by atoms with Gasteiger partial charge in [0.2, 0.25) is 5.91 Å². The maximum Gasteiger partial charge on any atom is 0.262 e. The normalized spacial score (nSPS) is 14.0. The maximum atomic E-state index is 12.2. The molecule has 3 rings (SSSR count). The summed E-state index contributed by atoms with van der Waals surface area (Å²) in [6.45, 7) is 6.58. The molecule has 6 nitrogen and oxygen atoms in total. The molecule has 0 aromatic heterocycles. The first kappa shape index (κ1) is 18.8. The number of hydrogen-bond donors (Lipinski definition) is 1. The first-order valence-electron chi connectivity index (χ1n) is 9.11. The number of benzene rings is 2. The molecule has 0 aliphatic carbocycles. The van der Waals surface area contributed by atoms with Gasteiger partial charge in [0.05, 0.1) is 0 Å². The van der Waals surface area contributed by atoms with Crippen molar-refractivity contribution in [1.82, 2.24) is 4.90 Å². The Bertz CT molecular complexity index is 797. The predicted octanol–water partition coefficient (Wildman–Crippen LogP) is 2.68. The zero-order valence-electron chi connectivity index (χ0n) is 15.8. The highest BCUT2D eigenvalue weighted by Gasteiger charge is 2.19. The largest absolute Gasteiger partial charge is 0.484 e. The van der Waals surface area contributed by atoms with E-state index in [4.69, 9.17) is 4.74 Å². The smallest absolute Gasteiger partial charge is 0.262 e. The molecule has 2 aromatic rings. The molecule has 0 unspecified atom stereocenters. The summed E-state index contributed by atoms with van der Waals surface area (Å²) >= 11 is 0. The molecule has 142 valence electrons. The van der Waals surface area contributed by atoms with Crippen molar-refractivity contribution in [2.24, 2.45) is 0 Å². The lowest BCUT2D eigenvalue weighted by Crippen LogP contribution is -2.48. The Morgan fingerprint density at radius 3 is 2.41 bits per heavy atom. The lowest BCUT2D eigenvalue weighted by atomic mass is 10.2. The molecular weight excluding hydrogens is 342 g/mol. The Hall–Kier alpha value is -3.02. The van der Waals surface area contributed by atoms with Gasteiger partial charge in [-0.15, -0.1) is 0 Å². The van der Waals surface area contributed by atoms with Crippen molar-refractivity contribution in [3.05, 3.63) is 54.1 Å². The molecule has 0 bridgehead atoms. The van der Waals surface area contributed by atoms with E-state index in [0.29, 0.717) is 5.75 Å². The monoisotopic (exact) mass is 367 g/mol. The number of ether oxygens (including phenoxy) is 1. The van der Waals surface area contributed by atoms with E-state index in [0.717, 1.165) is 43.1 Å². The van der Waals surface area contributed by atoms with Crippen LogP contribution in [0.2, 0.25) is 0 Å². The van der Waals surface area contributed by atoms with E-state index in [1.807, 2.05) is 60.4 Å². The molecular formula is C21H25N3O3. The quantitative estimate of drug-likeness (QED) is 0.883. The van der Waals surface area contributed by atoms with E-state index in [1.54, 1.807) is 6.92 Å². The van der Waals surface area contributed by atoms with Gasteiger partial charge in [-0.05, 0) is 37.3 Å². The Labute approximate surface area is 159 Å². The maximum absolute atomic E-state index is 12.2. The molecule has 0 radical (unpaired) electrons. The van der Waals surface area contributed by atoms with Gasteiger partial charge in [0, 0.05) is 44.5 Å². The molecule has 1 aliphatic heterocycles. The number of anilines is 2. The van der Waals surface area contributed by atoms with Crippen molar-refractivity contribution >= 4 is 23.2 Å². The third-order valence-corrected chi connectivity index (χ3v) is 4.61. The van der Waals surface area contributed by atoms with Gasteiger partial charge in [0.25, 0.3) is 5.91 Å². The van der Waals surface area contributed by atoms with Crippen LogP contribution in [0.25, 0.3) is 0 Å². The Morgan fingerprint density at radius 2 is 1.74 bits per heavy atom. The number of carbonyl (C=O) groups excluding carboxylic acids is 2. The highest BCUT2D eigenvalue weighted by atomic mass is 16.5. The van der Waals surface area contributed by atoms with Crippen molar-refractivity contribution in [2.75, 3.05) is 43.0 Å². The van der Waals surface area contributed by atoms with Gasteiger partial charge in [-0.25, -0.2) is 0 Å². The number of nitrogens with one attached hydrogen (secondary N) is 1. The summed E-state index contributed by atoms with van der Waals surface area (Å²) in [4.78, 5) is 27.7. The lowest BCUT2D eigenvalue weighted by Gasteiger charge is -2.35. The van der Waals surface area contributed by atoms with Crippen LogP contribution >= 0.6 is 0 Å². The number of hydrogen-bond acceptors (Lipinski definition) is 4. The van der Waals surface area contributed by atoms with E-state index < -0.39 is 0 Å². The van der Waals surface area contributed by atoms with Crippen LogP contribution in [-0.4, -0.2) is 49.5 Å². The SMILES string of the molecule is CC(=O)N1CCN(c2cccc(NC(=O)COc3ccc(C)cc3)c2)CC1. The molecule has 0 saturated carbocycles. The zero-order chi connectivity index (χ0) is 19.2. The van der Waals surface area contributed by atoms with E-state index in [9.17, 15) is 9.59 Å². The van der Waals surface area contributed by atoms with Gasteiger partial charge >= 0.3 is 0 Å². The van der Waals surface area contributed by atoms with Gasteiger partial charge < -0.3 is 19.9 Å². The molecule has 1 saturated heterocycles. The number of amides is 2. The fraction of sp³-hybridized carbons (Fsp3) is 0.333. The van der Waals surface area contributed by atoms with E-state index in [2.05, 4.69) is 10.2 Å². The van der Waals surface area contributed by atoms with Crippen molar-refractivity contribution in [3.8, 4) is 5.75 Å². The predicted molar refractivity (Wildman–Crippen MR) is 106 cm³/mol. The summed E-state index contributed by atoms with van der Waals surface area (Å²) in [6.07, 6.45) is 0. The molecule has 1 aliphatic rings. The van der Waals surface area contributed by atoms with Gasteiger partial charge in [0.1, 0.15) is 5.75 Å². The molecule has 0 spiro atoms. The average molecular weight is 367 g/mol. The van der Waals surface area contributed by atoms with Gasteiger partial charge in [0.15, 0.2) is 6.61 Å². The lowest BCUT2D eigenvalue weighted by molar-refractivity contribution is -0.129. The Balaban J connectivity index is 1.53. The first-order valence-corrected chi connectivity index (χ1v) is 9.11. The molecule has 27 heavy (non-hydrogen) atoms. The summed E-state index contributed by atoms with van der Waals surface area (Å²) in [5, 5.41) is 2.87. The number of aryl methyl sites for hydroxylation is 1. The fourth-order valence-corrected chi connectivity index (χ4v) is 3.04. The zero-order valence-corrected chi connectivity index (χ0v) is 15.8. The number of piperazine rings is 1. The van der Waals surface area contributed by atoms with Crippen molar-refractivity contribution < 1.29 is 14.3 Å². The number of nitrogens with zero attached hydrogens (tertiary/aromatic N) is 2. The summed E-state index contributed by atoms with van der Waals surface area (Å²) < 4.78 is 5.52. The third kappa shape index (κ3) is 5.23. The second kappa shape index (κ2) is 8.58. The molecule has 2 amide bonds. The van der Waals surface area contributed by atoms with Crippen LogP contribution in [0.4, 0.5) is 11.4 Å². The second-order valence-electron chi connectivity index (χ2n) is 6.69. The van der Waals surface area contributed by atoms with Crippen LogP contribution in [-0.2, 0) is 9.59 Å². The van der Waals surface area contributed by atoms with Gasteiger partial charge in [-0.3, -0.25) is 9.59 Å². The van der Waals surface area contributed by atoms with Crippen LogP contribution in [0.1, 0.15) is 12.5 Å². The van der Waals surface area contributed by atoms with E-state index >= 15 is 0 Å². The van der Waals surface area contributed by atoms with Crippen LogP contribution in [0.5, 0.6) is 5.75 Å². The Kier molecular flexibility index (Phi) is 5.96. The van der Waals surface area contributed by atoms with Crippen LogP contribution in [0.15, 0.2) is 48.5 Å². The molecule has 1 N–H and O–H groups in total. The molecule has 1 heterocycles. The fourth-order valence-electron chi connectivity index (χ4n) is 3.04. The third-order valence-electron chi connectivity index (χ3n) is 4.61. The minimum atomic E-state index is -0.200. The second-order valence-corrected chi connectivity index (χ2v) is 6.69. The summed E-state index contributed by atoms with van der Waals surface area (Å²) in [5.74, 6) is 0.589. The minimum Gasteiger partial charge on any atom is -0.484 e. The summed E-state index contributed by atoms with van der Waals surface area (Å²) in [7, 11) is 0. The van der Waals surface area contributed by atoms with E-state index in [-0.39, 0.29) is 18.4 Å². The van der Waals surface area contributed by atoms with Crippen molar-refractivity contribution in [2.45, 2.75) is 13.8 Å². The van der Waals surface area contributed by atoms with Crippen LogP contribution in [0, 0.1) is 6.92 Å². The standard InChI is InChI=1S/C21H25N3O3/c1-16-6-8-20(9-7-16)27-15-21(26)22-18-4-3-5-19(14-18)24-12-10-23(11-13-24)17(2)25/h3-9,14H,10-13,15H2,1-2H3,(H,22,26). The van der Waals surface area contributed by atoms with Crippen molar-refractivity contribution in [3.63, 3.8) is 0 Å². The van der Waals surface area contributed by atoms with Gasteiger partial charge in [-0.1, -0.05) is 23.8 Å².